The number of benzene rings is 1. The second-order valence-corrected chi connectivity index (χ2v) is 6.00. The van der Waals surface area contributed by atoms with Gasteiger partial charge in [0, 0.05) is 31.2 Å². The number of nitrogens with zero attached hydrogens (tertiary/aromatic N) is 6. The van der Waals surface area contributed by atoms with Gasteiger partial charge in [-0.05, 0) is 24.6 Å². The topological polar surface area (TPSA) is 82.2 Å². The van der Waals surface area contributed by atoms with Crippen LogP contribution in [0.15, 0.2) is 49.1 Å². The predicted octanol–water partition coefficient (Wildman–Crippen LogP) is 2.38. The first-order chi connectivity index (χ1) is 12.7. The molecule has 3 aromatic heterocycles. The lowest BCUT2D eigenvalue weighted by molar-refractivity contribution is 0.414. The number of nitrogens with one attached hydrogen (secondary N) is 1. The van der Waals surface area contributed by atoms with Gasteiger partial charge in [0.1, 0.15) is 29.8 Å². The molecule has 8 nitrogen and oxygen atoms in total. The van der Waals surface area contributed by atoms with Crippen LogP contribution in [0.2, 0.25) is 0 Å². The molecule has 0 fully saturated rings. The molecule has 0 aliphatic carbocycles. The lowest BCUT2D eigenvalue weighted by Gasteiger charge is -2.21. The first-order valence-corrected chi connectivity index (χ1v) is 8.21. The molecule has 1 unspecified atom stereocenters. The summed E-state index contributed by atoms with van der Waals surface area (Å²) < 4.78 is 9.06. The van der Waals surface area contributed by atoms with Crippen molar-refractivity contribution in [1.29, 1.82) is 0 Å². The molecule has 0 amide bonds. The maximum atomic E-state index is 5.39. The highest BCUT2D eigenvalue weighted by Gasteiger charge is 2.20. The second kappa shape index (κ2) is 6.47. The SMILES string of the molecule is COc1cccc(C(Nc2cc(C)nc3ncnn23)c2nccn2C)c1. The first kappa shape index (κ1) is 16.1. The van der Waals surface area contributed by atoms with Gasteiger partial charge >= 0.3 is 0 Å². The van der Waals surface area contributed by atoms with E-state index in [1.807, 2.05) is 55.1 Å². The van der Waals surface area contributed by atoms with Gasteiger partial charge < -0.3 is 14.6 Å². The Hall–Kier alpha value is -3.42. The van der Waals surface area contributed by atoms with E-state index in [9.17, 15) is 0 Å². The quantitative estimate of drug-likeness (QED) is 0.596. The molecule has 0 bridgehead atoms. The first-order valence-electron chi connectivity index (χ1n) is 8.21. The molecule has 8 heteroatoms. The van der Waals surface area contributed by atoms with Gasteiger partial charge in [0.05, 0.1) is 7.11 Å². The second-order valence-electron chi connectivity index (χ2n) is 6.00. The van der Waals surface area contributed by atoms with Crippen LogP contribution in [0.1, 0.15) is 23.1 Å². The average molecular weight is 349 g/mol. The Kier molecular flexibility index (Phi) is 4.00. The number of rotatable bonds is 5. The fraction of sp³-hybridized carbons (Fsp3) is 0.222. The Morgan fingerprint density at radius 2 is 2.08 bits per heavy atom. The molecule has 1 aromatic carbocycles. The van der Waals surface area contributed by atoms with Crippen molar-refractivity contribution in [1.82, 2.24) is 29.1 Å². The Morgan fingerprint density at radius 3 is 2.85 bits per heavy atom. The van der Waals surface area contributed by atoms with Crippen LogP contribution in [-0.2, 0) is 7.05 Å². The van der Waals surface area contributed by atoms with Crippen LogP contribution >= 0.6 is 0 Å². The van der Waals surface area contributed by atoms with E-state index in [4.69, 9.17) is 4.74 Å². The summed E-state index contributed by atoms with van der Waals surface area (Å²) in [5, 5.41) is 7.81. The molecular formula is C18H19N7O. The maximum absolute atomic E-state index is 5.39. The van der Waals surface area contributed by atoms with Gasteiger partial charge in [-0.3, -0.25) is 0 Å². The number of ether oxygens (including phenoxy) is 1. The number of aryl methyl sites for hydroxylation is 2. The average Bonchev–Trinajstić information content (AvgIpc) is 3.28. The van der Waals surface area contributed by atoms with Crippen molar-refractivity contribution in [2.75, 3.05) is 12.4 Å². The summed E-state index contributed by atoms with van der Waals surface area (Å²) in [7, 11) is 3.63. The van der Waals surface area contributed by atoms with Crippen molar-refractivity contribution in [3.63, 3.8) is 0 Å². The molecule has 0 aliphatic rings. The molecule has 0 spiro atoms. The highest BCUT2D eigenvalue weighted by molar-refractivity contribution is 5.49. The predicted molar refractivity (Wildman–Crippen MR) is 97.2 cm³/mol. The van der Waals surface area contributed by atoms with Crippen LogP contribution in [0.5, 0.6) is 5.75 Å². The van der Waals surface area contributed by atoms with Crippen LogP contribution in [0.4, 0.5) is 5.82 Å². The molecule has 1 atom stereocenters. The summed E-state index contributed by atoms with van der Waals surface area (Å²) in [4.78, 5) is 13.1. The molecule has 3 heterocycles. The Labute approximate surface area is 150 Å². The third-order valence-corrected chi connectivity index (χ3v) is 4.22. The number of anilines is 1. The van der Waals surface area contributed by atoms with Gasteiger partial charge in [0.15, 0.2) is 0 Å². The summed E-state index contributed by atoms with van der Waals surface area (Å²) in [6.07, 6.45) is 5.20. The molecule has 0 aliphatic heterocycles. The number of imidazole rings is 1. The van der Waals surface area contributed by atoms with E-state index in [0.29, 0.717) is 5.78 Å². The highest BCUT2D eigenvalue weighted by Crippen LogP contribution is 2.28. The summed E-state index contributed by atoms with van der Waals surface area (Å²) in [5.41, 5.74) is 1.89. The van der Waals surface area contributed by atoms with Crippen LogP contribution in [0.25, 0.3) is 5.78 Å². The number of methoxy groups -OCH3 is 1. The molecule has 0 saturated heterocycles. The van der Waals surface area contributed by atoms with Gasteiger partial charge in [-0.15, -0.1) is 0 Å². The summed E-state index contributed by atoms with van der Waals surface area (Å²) in [6.45, 7) is 1.93. The monoisotopic (exact) mass is 349 g/mol. The molecule has 4 rings (SSSR count). The van der Waals surface area contributed by atoms with Crippen molar-refractivity contribution in [2.24, 2.45) is 7.05 Å². The standard InChI is InChI=1S/C18H19N7O/c1-12-9-15(25-18(22-12)20-11-21-25)23-16(17-19-7-8-24(17)2)13-5-4-6-14(10-13)26-3/h4-11,16,23H,1-3H3. The number of fused-ring (bicyclic) bond motifs is 1. The normalized spacial score (nSPS) is 12.3. The highest BCUT2D eigenvalue weighted by atomic mass is 16.5. The molecule has 4 aromatic rings. The molecule has 132 valence electrons. The largest absolute Gasteiger partial charge is 0.497 e. The van der Waals surface area contributed by atoms with Gasteiger partial charge in [0.25, 0.3) is 5.78 Å². The minimum atomic E-state index is -0.195. The Morgan fingerprint density at radius 1 is 1.19 bits per heavy atom. The van der Waals surface area contributed by atoms with Crippen molar-refractivity contribution < 1.29 is 4.74 Å². The third kappa shape index (κ3) is 2.85. The van der Waals surface area contributed by atoms with Crippen LogP contribution in [0.3, 0.4) is 0 Å². The number of aromatic nitrogens is 6. The van der Waals surface area contributed by atoms with E-state index in [1.165, 1.54) is 6.33 Å². The fourth-order valence-corrected chi connectivity index (χ4v) is 2.95. The van der Waals surface area contributed by atoms with Crippen LogP contribution in [-0.4, -0.2) is 36.2 Å². The van der Waals surface area contributed by atoms with Crippen molar-refractivity contribution in [3.8, 4) is 5.75 Å². The van der Waals surface area contributed by atoms with Gasteiger partial charge in [-0.1, -0.05) is 12.1 Å². The lowest BCUT2D eigenvalue weighted by Crippen LogP contribution is -2.19. The summed E-state index contributed by atoms with van der Waals surface area (Å²) in [6, 6.07) is 9.68. The van der Waals surface area contributed by atoms with Gasteiger partial charge in [0.2, 0.25) is 0 Å². The van der Waals surface area contributed by atoms with Gasteiger partial charge in [-0.25, -0.2) is 9.97 Å². The fourth-order valence-electron chi connectivity index (χ4n) is 2.95. The van der Waals surface area contributed by atoms with Gasteiger partial charge in [-0.2, -0.15) is 14.6 Å². The molecule has 0 saturated carbocycles. The number of hydrogen-bond donors (Lipinski definition) is 1. The van der Waals surface area contributed by atoms with E-state index in [-0.39, 0.29) is 6.04 Å². The lowest BCUT2D eigenvalue weighted by atomic mass is 10.1. The smallest absolute Gasteiger partial charge is 0.254 e. The summed E-state index contributed by atoms with van der Waals surface area (Å²) in [5.74, 6) is 3.01. The molecule has 26 heavy (non-hydrogen) atoms. The molecule has 1 N–H and O–H groups in total. The number of hydrogen-bond acceptors (Lipinski definition) is 6. The Balaban J connectivity index is 1.83. The Bertz CT molecular complexity index is 1050. The minimum Gasteiger partial charge on any atom is -0.497 e. The minimum absolute atomic E-state index is 0.195. The summed E-state index contributed by atoms with van der Waals surface area (Å²) >= 11 is 0. The van der Waals surface area contributed by atoms with Crippen molar-refractivity contribution in [3.05, 3.63) is 66.1 Å². The van der Waals surface area contributed by atoms with Crippen LogP contribution in [0, 0.1) is 6.92 Å². The van der Waals surface area contributed by atoms with E-state index < -0.39 is 0 Å². The van der Waals surface area contributed by atoms with Crippen molar-refractivity contribution >= 4 is 11.6 Å². The van der Waals surface area contributed by atoms with E-state index >= 15 is 0 Å². The zero-order chi connectivity index (χ0) is 18.1. The molecular weight excluding hydrogens is 330 g/mol. The zero-order valence-corrected chi connectivity index (χ0v) is 14.8. The van der Waals surface area contributed by atoms with Crippen molar-refractivity contribution in [2.45, 2.75) is 13.0 Å². The maximum Gasteiger partial charge on any atom is 0.254 e. The van der Waals surface area contributed by atoms with E-state index in [0.717, 1.165) is 28.6 Å². The van der Waals surface area contributed by atoms with E-state index in [2.05, 4.69) is 25.4 Å². The zero-order valence-electron chi connectivity index (χ0n) is 14.8. The molecule has 0 radical (unpaired) electrons. The third-order valence-electron chi connectivity index (χ3n) is 4.22. The van der Waals surface area contributed by atoms with E-state index in [1.54, 1.807) is 17.8 Å². The van der Waals surface area contributed by atoms with Crippen LogP contribution < -0.4 is 10.1 Å².